The summed E-state index contributed by atoms with van der Waals surface area (Å²) in [6.45, 7) is 0. The smallest absolute Gasteiger partial charge is 0.199 e. The zero-order chi connectivity index (χ0) is 12.9. The molecule has 7 heteroatoms. The van der Waals surface area contributed by atoms with Gasteiger partial charge in [-0.2, -0.15) is 5.10 Å². The molecule has 1 fully saturated rings. The molecule has 1 aliphatic rings. The van der Waals surface area contributed by atoms with Gasteiger partial charge < -0.3 is 0 Å². The van der Waals surface area contributed by atoms with Gasteiger partial charge in [0.2, 0.25) is 0 Å². The van der Waals surface area contributed by atoms with Crippen molar-refractivity contribution >= 4 is 39.7 Å². The maximum Gasteiger partial charge on any atom is 0.199 e. The van der Waals surface area contributed by atoms with Crippen LogP contribution in [0.25, 0.3) is 5.69 Å². The Morgan fingerprint density at radius 2 is 2.22 bits per heavy atom. The third-order valence-electron chi connectivity index (χ3n) is 2.85. The summed E-state index contributed by atoms with van der Waals surface area (Å²) in [5.41, 5.74) is 0.638. The van der Waals surface area contributed by atoms with Crippen LogP contribution in [0.15, 0.2) is 16.6 Å². The molecule has 1 aromatic carbocycles. The number of H-pyrrole nitrogens is 1. The van der Waals surface area contributed by atoms with E-state index in [2.05, 4.69) is 26.1 Å². The maximum absolute atomic E-state index is 13.2. The first-order valence-electron chi connectivity index (χ1n) is 5.40. The highest BCUT2D eigenvalue weighted by molar-refractivity contribution is 9.10. The van der Waals surface area contributed by atoms with Crippen LogP contribution in [-0.4, -0.2) is 14.8 Å². The lowest BCUT2D eigenvalue weighted by molar-refractivity contribution is 0.626. The van der Waals surface area contributed by atoms with Crippen LogP contribution in [0.1, 0.15) is 24.6 Å². The maximum atomic E-state index is 13.2. The third kappa shape index (κ3) is 2.02. The van der Waals surface area contributed by atoms with Gasteiger partial charge in [0, 0.05) is 10.4 Å². The molecule has 0 bridgehead atoms. The number of halogens is 3. The number of hydrogen-bond donors (Lipinski definition) is 1. The van der Waals surface area contributed by atoms with Gasteiger partial charge in [-0.15, -0.1) is 0 Å². The number of nitrogens with one attached hydrogen (secondary N) is 1. The van der Waals surface area contributed by atoms with Gasteiger partial charge in [0.05, 0.1) is 10.7 Å². The van der Waals surface area contributed by atoms with E-state index < -0.39 is 5.82 Å². The lowest BCUT2D eigenvalue weighted by Gasteiger charge is -2.10. The molecular weight excluding hydrogens is 341 g/mol. The third-order valence-corrected chi connectivity index (χ3v) is 4.01. The van der Waals surface area contributed by atoms with E-state index in [4.69, 9.17) is 23.8 Å². The Morgan fingerprint density at radius 1 is 1.50 bits per heavy atom. The minimum Gasteiger partial charge on any atom is -0.269 e. The molecule has 1 heterocycles. The number of rotatable bonds is 2. The van der Waals surface area contributed by atoms with Crippen molar-refractivity contribution in [2.24, 2.45) is 0 Å². The van der Waals surface area contributed by atoms with Crippen LogP contribution in [0.4, 0.5) is 4.39 Å². The lowest BCUT2D eigenvalue weighted by Crippen LogP contribution is -2.02. The van der Waals surface area contributed by atoms with Crippen molar-refractivity contribution in [3.63, 3.8) is 0 Å². The Hall–Kier alpha value is -0.720. The molecule has 0 spiro atoms. The quantitative estimate of drug-likeness (QED) is 0.818. The fourth-order valence-corrected chi connectivity index (χ4v) is 3.13. The van der Waals surface area contributed by atoms with Crippen molar-refractivity contribution in [2.45, 2.75) is 18.8 Å². The summed E-state index contributed by atoms with van der Waals surface area (Å²) in [6.07, 6.45) is 2.19. The van der Waals surface area contributed by atoms with Crippen molar-refractivity contribution < 1.29 is 4.39 Å². The highest BCUT2D eigenvalue weighted by atomic mass is 79.9. The summed E-state index contributed by atoms with van der Waals surface area (Å²) in [6, 6.07) is 2.64. The van der Waals surface area contributed by atoms with E-state index in [1.54, 1.807) is 4.57 Å². The van der Waals surface area contributed by atoms with E-state index in [0.717, 1.165) is 18.7 Å². The van der Waals surface area contributed by atoms with Gasteiger partial charge >= 0.3 is 0 Å². The van der Waals surface area contributed by atoms with Gasteiger partial charge in [0.25, 0.3) is 0 Å². The summed E-state index contributed by atoms with van der Waals surface area (Å²) in [7, 11) is 0. The monoisotopic (exact) mass is 347 g/mol. The summed E-state index contributed by atoms with van der Waals surface area (Å²) < 4.78 is 16.1. The number of aromatic nitrogens is 3. The lowest BCUT2D eigenvalue weighted by atomic mass is 10.3. The fraction of sp³-hybridized carbons (Fsp3) is 0.273. The Balaban J connectivity index is 2.27. The Bertz CT molecular complexity index is 654. The van der Waals surface area contributed by atoms with Gasteiger partial charge in [0.1, 0.15) is 11.6 Å². The molecule has 0 saturated heterocycles. The van der Waals surface area contributed by atoms with E-state index in [9.17, 15) is 4.39 Å². The van der Waals surface area contributed by atoms with Crippen LogP contribution in [-0.2, 0) is 0 Å². The molecular formula is C11H8BrClFN3S. The molecule has 1 aromatic heterocycles. The first kappa shape index (κ1) is 12.3. The van der Waals surface area contributed by atoms with Crippen molar-refractivity contribution in [1.82, 2.24) is 14.8 Å². The molecule has 94 valence electrons. The van der Waals surface area contributed by atoms with E-state index in [1.807, 2.05) is 0 Å². The fourth-order valence-electron chi connectivity index (χ4n) is 1.89. The van der Waals surface area contributed by atoms with Crippen molar-refractivity contribution in [3.05, 3.63) is 38.0 Å². The van der Waals surface area contributed by atoms with Crippen LogP contribution in [0.5, 0.6) is 0 Å². The van der Waals surface area contributed by atoms with Gasteiger partial charge in [-0.3, -0.25) is 9.67 Å². The number of nitrogens with zero attached hydrogens (tertiary/aromatic N) is 2. The van der Waals surface area contributed by atoms with E-state index in [0.29, 0.717) is 25.9 Å². The molecule has 1 N–H and O–H groups in total. The second-order valence-corrected chi connectivity index (χ2v) is 5.86. The molecule has 1 aliphatic carbocycles. The summed E-state index contributed by atoms with van der Waals surface area (Å²) in [4.78, 5) is 0. The Kier molecular flexibility index (Phi) is 3.03. The zero-order valence-electron chi connectivity index (χ0n) is 9.08. The molecule has 0 atom stereocenters. The van der Waals surface area contributed by atoms with Gasteiger partial charge in [0.15, 0.2) is 4.77 Å². The molecule has 0 radical (unpaired) electrons. The largest absolute Gasteiger partial charge is 0.269 e. The number of aromatic amines is 1. The average molecular weight is 349 g/mol. The minimum atomic E-state index is -0.390. The van der Waals surface area contributed by atoms with Crippen molar-refractivity contribution in [3.8, 4) is 5.69 Å². The van der Waals surface area contributed by atoms with Gasteiger partial charge in [-0.25, -0.2) is 4.39 Å². The van der Waals surface area contributed by atoms with Gasteiger partial charge in [-0.1, -0.05) is 11.6 Å². The summed E-state index contributed by atoms with van der Waals surface area (Å²) in [5, 5.41) is 7.31. The Labute approximate surface area is 121 Å². The average Bonchev–Trinajstić information content (AvgIpc) is 3.04. The predicted molar refractivity (Wildman–Crippen MR) is 73.4 cm³/mol. The highest BCUT2D eigenvalue weighted by Crippen LogP contribution is 2.41. The van der Waals surface area contributed by atoms with Crippen molar-refractivity contribution in [1.29, 1.82) is 0 Å². The molecule has 1 saturated carbocycles. The van der Waals surface area contributed by atoms with Crippen molar-refractivity contribution in [2.75, 3.05) is 0 Å². The van der Waals surface area contributed by atoms with Crippen LogP contribution in [0.3, 0.4) is 0 Å². The molecule has 0 aliphatic heterocycles. The number of hydrogen-bond acceptors (Lipinski definition) is 2. The van der Waals surface area contributed by atoms with Crippen LogP contribution in [0, 0.1) is 10.6 Å². The second kappa shape index (κ2) is 4.43. The SMILES string of the molecule is Fc1cc(Cl)c(-n2c(C3CC3)n[nH]c2=S)c(Br)c1. The van der Waals surface area contributed by atoms with E-state index >= 15 is 0 Å². The zero-order valence-corrected chi connectivity index (χ0v) is 12.2. The molecule has 0 amide bonds. The first-order valence-corrected chi connectivity index (χ1v) is 6.98. The highest BCUT2D eigenvalue weighted by Gasteiger charge is 2.30. The van der Waals surface area contributed by atoms with Crippen LogP contribution in [0.2, 0.25) is 5.02 Å². The molecule has 2 aromatic rings. The van der Waals surface area contributed by atoms with E-state index in [-0.39, 0.29) is 0 Å². The second-order valence-electron chi connectivity index (χ2n) is 4.21. The topological polar surface area (TPSA) is 33.6 Å². The molecule has 3 rings (SSSR count). The molecule has 0 unspecified atom stereocenters. The van der Waals surface area contributed by atoms with Crippen LogP contribution >= 0.6 is 39.7 Å². The first-order chi connectivity index (χ1) is 8.58. The standard InChI is InChI=1S/C11H8BrClFN3S/c12-7-3-6(14)4-8(13)9(7)17-10(5-1-2-5)15-16-11(17)18/h3-5H,1-2H2,(H,16,18). The Morgan fingerprint density at radius 3 is 2.83 bits per heavy atom. The predicted octanol–water partition coefficient (Wildman–Crippen LogP) is 4.36. The normalized spacial score (nSPS) is 15.1. The number of benzene rings is 1. The molecule has 3 nitrogen and oxygen atoms in total. The van der Waals surface area contributed by atoms with Gasteiger partial charge in [-0.05, 0) is 53.1 Å². The summed E-state index contributed by atoms with van der Waals surface area (Å²) >= 11 is 14.7. The molecule has 18 heavy (non-hydrogen) atoms. The minimum absolute atomic E-state index is 0.307. The van der Waals surface area contributed by atoms with E-state index in [1.165, 1.54) is 12.1 Å². The van der Waals surface area contributed by atoms with Crippen LogP contribution < -0.4 is 0 Å². The summed E-state index contributed by atoms with van der Waals surface area (Å²) in [5.74, 6) is 0.874.